The minimum absolute atomic E-state index is 0.877. The summed E-state index contributed by atoms with van der Waals surface area (Å²) >= 11 is 1.85. The van der Waals surface area contributed by atoms with Crippen molar-refractivity contribution in [1.29, 1.82) is 0 Å². The van der Waals surface area contributed by atoms with Gasteiger partial charge in [-0.25, -0.2) is 9.97 Å². The molecule has 3 heterocycles. The first-order chi connectivity index (χ1) is 8.70. The van der Waals surface area contributed by atoms with E-state index in [-0.39, 0.29) is 0 Å². The maximum absolute atomic E-state index is 4.56. The van der Waals surface area contributed by atoms with Crippen LogP contribution in [0, 0.1) is 13.8 Å². The van der Waals surface area contributed by atoms with Gasteiger partial charge in [0, 0.05) is 30.7 Å². The van der Waals surface area contributed by atoms with E-state index in [1.807, 2.05) is 24.5 Å². The zero-order chi connectivity index (χ0) is 12.5. The van der Waals surface area contributed by atoms with Crippen molar-refractivity contribution in [3.05, 3.63) is 45.2 Å². The van der Waals surface area contributed by atoms with Crippen LogP contribution in [0.25, 0.3) is 0 Å². The van der Waals surface area contributed by atoms with Crippen LogP contribution in [0.1, 0.15) is 27.5 Å². The van der Waals surface area contributed by atoms with Crippen LogP contribution in [-0.4, -0.2) is 21.4 Å². The molecule has 0 saturated carbocycles. The molecular formula is C14H17N3S. The number of hydrogen-bond acceptors (Lipinski definition) is 4. The van der Waals surface area contributed by atoms with Gasteiger partial charge in [0.15, 0.2) is 0 Å². The summed E-state index contributed by atoms with van der Waals surface area (Å²) in [6, 6.07) is 2.28. The third-order valence-corrected chi connectivity index (χ3v) is 4.35. The maximum atomic E-state index is 4.56. The molecular weight excluding hydrogens is 242 g/mol. The van der Waals surface area contributed by atoms with Gasteiger partial charge in [0.05, 0.1) is 5.69 Å². The van der Waals surface area contributed by atoms with Crippen LogP contribution < -0.4 is 0 Å². The molecule has 2 aromatic heterocycles. The molecule has 0 spiro atoms. The average Bonchev–Trinajstić information content (AvgIpc) is 2.74. The molecule has 94 valence electrons. The Kier molecular flexibility index (Phi) is 3.14. The normalized spacial score (nSPS) is 15.7. The molecule has 0 aromatic carbocycles. The fourth-order valence-corrected chi connectivity index (χ4v) is 3.30. The molecule has 2 aromatic rings. The summed E-state index contributed by atoms with van der Waals surface area (Å²) in [5.74, 6) is 0.877. The monoisotopic (exact) mass is 259 g/mol. The summed E-state index contributed by atoms with van der Waals surface area (Å²) in [4.78, 5) is 12.8. The Hall–Kier alpha value is -1.26. The third kappa shape index (κ3) is 2.44. The van der Waals surface area contributed by atoms with Gasteiger partial charge >= 0.3 is 0 Å². The SMILES string of the molecule is Cc1csc(CN2CCc3cnc(C)nc3C2)c1. The van der Waals surface area contributed by atoms with Gasteiger partial charge in [0.1, 0.15) is 5.82 Å². The Morgan fingerprint density at radius 2 is 2.28 bits per heavy atom. The van der Waals surface area contributed by atoms with Crippen LogP contribution in [0.15, 0.2) is 17.6 Å². The lowest BCUT2D eigenvalue weighted by atomic mass is 10.1. The average molecular weight is 259 g/mol. The lowest BCUT2D eigenvalue weighted by Crippen LogP contribution is -2.30. The molecule has 1 aliphatic heterocycles. The molecule has 0 bridgehead atoms. The molecule has 0 saturated heterocycles. The van der Waals surface area contributed by atoms with E-state index in [4.69, 9.17) is 0 Å². The van der Waals surface area contributed by atoms with Crippen molar-refractivity contribution >= 4 is 11.3 Å². The van der Waals surface area contributed by atoms with Crippen molar-refractivity contribution in [3.63, 3.8) is 0 Å². The van der Waals surface area contributed by atoms with Gasteiger partial charge in [-0.2, -0.15) is 0 Å². The fourth-order valence-electron chi connectivity index (χ4n) is 2.39. The predicted octanol–water partition coefficient (Wildman–Crippen LogP) is 2.71. The highest BCUT2D eigenvalue weighted by atomic mass is 32.1. The quantitative estimate of drug-likeness (QED) is 0.830. The number of aryl methyl sites for hydroxylation is 2. The lowest BCUT2D eigenvalue weighted by Gasteiger charge is -2.27. The highest BCUT2D eigenvalue weighted by Crippen LogP contribution is 2.21. The molecule has 0 radical (unpaired) electrons. The second-order valence-corrected chi connectivity index (χ2v) is 5.94. The zero-order valence-corrected chi connectivity index (χ0v) is 11.6. The topological polar surface area (TPSA) is 29.0 Å². The summed E-state index contributed by atoms with van der Waals surface area (Å²) in [5.41, 5.74) is 3.90. The molecule has 0 unspecified atom stereocenters. The molecule has 1 aliphatic rings. The second kappa shape index (κ2) is 4.78. The number of fused-ring (bicyclic) bond motifs is 1. The summed E-state index contributed by atoms with van der Waals surface area (Å²) < 4.78 is 0. The van der Waals surface area contributed by atoms with E-state index < -0.39 is 0 Å². The van der Waals surface area contributed by atoms with Crippen molar-refractivity contribution < 1.29 is 0 Å². The number of nitrogens with zero attached hydrogens (tertiary/aromatic N) is 3. The second-order valence-electron chi connectivity index (χ2n) is 4.94. The lowest BCUT2D eigenvalue weighted by molar-refractivity contribution is 0.243. The minimum atomic E-state index is 0.877. The number of hydrogen-bond donors (Lipinski definition) is 0. The van der Waals surface area contributed by atoms with Crippen LogP contribution in [0.3, 0.4) is 0 Å². The molecule has 0 atom stereocenters. The Morgan fingerprint density at radius 1 is 1.39 bits per heavy atom. The van der Waals surface area contributed by atoms with E-state index in [9.17, 15) is 0 Å². The predicted molar refractivity (Wildman–Crippen MR) is 73.6 cm³/mol. The van der Waals surface area contributed by atoms with E-state index in [0.717, 1.165) is 31.9 Å². The third-order valence-electron chi connectivity index (χ3n) is 3.31. The van der Waals surface area contributed by atoms with Crippen molar-refractivity contribution in [1.82, 2.24) is 14.9 Å². The first-order valence-corrected chi connectivity index (χ1v) is 7.16. The summed E-state index contributed by atoms with van der Waals surface area (Å²) in [6.07, 6.45) is 3.06. The largest absolute Gasteiger partial charge is 0.292 e. The Balaban J connectivity index is 1.74. The van der Waals surface area contributed by atoms with Crippen molar-refractivity contribution in [2.24, 2.45) is 0 Å². The van der Waals surface area contributed by atoms with E-state index in [1.54, 1.807) is 0 Å². The van der Waals surface area contributed by atoms with Crippen molar-refractivity contribution in [2.75, 3.05) is 6.54 Å². The number of rotatable bonds is 2. The highest BCUT2D eigenvalue weighted by Gasteiger charge is 2.18. The van der Waals surface area contributed by atoms with Gasteiger partial charge in [-0.05, 0) is 42.8 Å². The molecule has 0 fully saturated rings. The highest BCUT2D eigenvalue weighted by molar-refractivity contribution is 7.10. The summed E-state index contributed by atoms with van der Waals surface area (Å²) in [5, 5.41) is 2.22. The summed E-state index contributed by atoms with van der Waals surface area (Å²) in [7, 11) is 0. The molecule has 18 heavy (non-hydrogen) atoms. The van der Waals surface area contributed by atoms with E-state index in [0.29, 0.717) is 0 Å². The molecule has 4 heteroatoms. The van der Waals surface area contributed by atoms with Gasteiger partial charge in [-0.3, -0.25) is 4.90 Å². The first kappa shape index (κ1) is 11.8. The summed E-state index contributed by atoms with van der Waals surface area (Å²) in [6.45, 7) is 7.22. The molecule has 0 amide bonds. The molecule has 3 nitrogen and oxygen atoms in total. The van der Waals surface area contributed by atoms with E-state index in [2.05, 4.69) is 33.2 Å². The van der Waals surface area contributed by atoms with Crippen LogP contribution in [-0.2, 0) is 19.5 Å². The fraction of sp³-hybridized carbons (Fsp3) is 0.429. The van der Waals surface area contributed by atoms with Crippen molar-refractivity contribution in [2.45, 2.75) is 33.4 Å². The van der Waals surface area contributed by atoms with Crippen LogP contribution in [0.2, 0.25) is 0 Å². The van der Waals surface area contributed by atoms with Gasteiger partial charge in [-0.1, -0.05) is 0 Å². The van der Waals surface area contributed by atoms with Crippen LogP contribution >= 0.6 is 11.3 Å². The first-order valence-electron chi connectivity index (χ1n) is 6.28. The Labute approximate surface area is 112 Å². The molecule has 0 N–H and O–H groups in total. The minimum Gasteiger partial charge on any atom is -0.292 e. The van der Waals surface area contributed by atoms with Gasteiger partial charge in [-0.15, -0.1) is 11.3 Å². The number of aromatic nitrogens is 2. The standard InChI is InChI=1S/C14H17N3S/c1-10-5-13(18-9-10)7-17-4-3-12-6-15-11(2)16-14(12)8-17/h5-6,9H,3-4,7-8H2,1-2H3. The maximum Gasteiger partial charge on any atom is 0.125 e. The Bertz CT molecular complexity index is 562. The van der Waals surface area contributed by atoms with E-state index >= 15 is 0 Å². The Morgan fingerprint density at radius 3 is 3.06 bits per heavy atom. The van der Waals surface area contributed by atoms with Gasteiger partial charge < -0.3 is 0 Å². The molecule has 3 rings (SSSR count). The number of thiophene rings is 1. The zero-order valence-electron chi connectivity index (χ0n) is 10.8. The van der Waals surface area contributed by atoms with Crippen LogP contribution in [0.5, 0.6) is 0 Å². The smallest absolute Gasteiger partial charge is 0.125 e. The van der Waals surface area contributed by atoms with Crippen LogP contribution in [0.4, 0.5) is 0 Å². The van der Waals surface area contributed by atoms with Gasteiger partial charge in [0.25, 0.3) is 0 Å². The van der Waals surface area contributed by atoms with Crippen molar-refractivity contribution in [3.8, 4) is 0 Å². The molecule has 0 aliphatic carbocycles. The van der Waals surface area contributed by atoms with Gasteiger partial charge in [0.2, 0.25) is 0 Å². The van der Waals surface area contributed by atoms with E-state index in [1.165, 1.54) is 21.7 Å².